The van der Waals surface area contributed by atoms with E-state index < -0.39 is 0 Å². The summed E-state index contributed by atoms with van der Waals surface area (Å²) >= 11 is 3.51. The van der Waals surface area contributed by atoms with Crippen molar-refractivity contribution in [3.63, 3.8) is 0 Å². The van der Waals surface area contributed by atoms with Crippen molar-refractivity contribution >= 4 is 21.6 Å². The fraction of sp³-hybridized carbons (Fsp3) is 0.429. The van der Waals surface area contributed by atoms with E-state index >= 15 is 0 Å². The number of anilines is 1. The van der Waals surface area contributed by atoms with E-state index in [1.54, 1.807) is 0 Å². The number of unbranched alkanes of at least 4 members (excludes halogenated alkanes) is 3. The van der Waals surface area contributed by atoms with E-state index in [1.165, 1.54) is 30.5 Å². The summed E-state index contributed by atoms with van der Waals surface area (Å²) < 4.78 is 1.14. The molecule has 1 aromatic carbocycles. The largest absolute Gasteiger partial charge is 0.385 e. The van der Waals surface area contributed by atoms with Crippen LogP contribution in [0.15, 0.2) is 35.3 Å². The van der Waals surface area contributed by atoms with Gasteiger partial charge in [-0.3, -0.25) is 0 Å². The van der Waals surface area contributed by atoms with Gasteiger partial charge in [0.05, 0.1) is 0 Å². The molecule has 0 radical (unpaired) electrons. The first-order valence-corrected chi connectivity index (χ1v) is 6.63. The van der Waals surface area contributed by atoms with E-state index in [0.717, 1.165) is 17.4 Å². The number of allylic oxidation sites excluding steroid dienone is 1. The van der Waals surface area contributed by atoms with Crippen LogP contribution in [0.1, 0.15) is 31.2 Å². The number of aryl methyl sites for hydroxylation is 1. The summed E-state index contributed by atoms with van der Waals surface area (Å²) in [4.78, 5) is 0. The first kappa shape index (κ1) is 13.3. The van der Waals surface area contributed by atoms with E-state index in [9.17, 15) is 0 Å². The maximum Gasteiger partial charge on any atom is 0.0354 e. The molecule has 0 saturated heterocycles. The molecule has 0 saturated carbocycles. The lowest BCUT2D eigenvalue weighted by molar-refractivity contribution is 0.709. The molecule has 0 fully saturated rings. The van der Waals surface area contributed by atoms with Gasteiger partial charge in [-0.1, -0.05) is 28.4 Å². The van der Waals surface area contributed by atoms with Crippen molar-refractivity contribution in [1.29, 1.82) is 0 Å². The van der Waals surface area contributed by atoms with Crippen molar-refractivity contribution in [2.75, 3.05) is 11.9 Å². The number of halogens is 1. The molecule has 1 aromatic rings. The van der Waals surface area contributed by atoms with Crippen LogP contribution in [0.4, 0.5) is 5.69 Å². The van der Waals surface area contributed by atoms with Gasteiger partial charge in [0.1, 0.15) is 0 Å². The Bertz CT molecular complexity index is 313. The van der Waals surface area contributed by atoms with Crippen molar-refractivity contribution in [2.45, 2.75) is 32.6 Å². The van der Waals surface area contributed by atoms with E-state index in [4.69, 9.17) is 0 Å². The van der Waals surface area contributed by atoms with Crippen molar-refractivity contribution < 1.29 is 0 Å². The van der Waals surface area contributed by atoms with Gasteiger partial charge in [-0.25, -0.2) is 0 Å². The van der Waals surface area contributed by atoms with Gasteiger partial charge in [-0.15, -0.1) is 6.58 Å². The number of hydrogen-bond acceptors (Lipinski definition) is 1. The minimum Gasteiger partial charge on any atom is -0.385 e. The Hall–Kier alpha value is -0.760. The maximum atomic E-state index is 3.72. The molecule has 0 aliphatic carbocycles. The molecule has 0 aliphatic rings. The Morgan fingerprint density at radius 2 is 2.06 bits per heavy atom. The lowest BCUT2D eigenvalue weighted by Crippen LogP contribution is -2.01. The Morgan fingerprint density at radius 3 is 2.75 bits per heavy atom. The van der Waals surface area contributed by atoms with Crippen molar-refractivity contribution in [2.24, 2.45) is 0 Å². The van der Waals surface area contributed by atoms with Crippen LogP contribution in [0, 0.1) is 6.92 Å². The Labute approximate surface area is 107 Å². The van der Waals surface area contributed by atoms with E-state index in [1.807, 2.05) is 6.08 Å². The molecule has 0 aliphatic heterocycles. The molecule has 1 rings (SSSR count). The minimum absolute atomic E-state index is 1.05. The second-order valence-electron chi connectivity index (χ2n) is 4.08. The second-order valence-corrected chi connectivity index (χ2v) is 5.00. The molecule has 0 amide bonds. The molecular formula is C14H20BrN. The van der Waals surface area contributed by atoms with E-state index in [2.05, 4.69) is 52.9 Å². The average molecular weight is 282 g/mol. The monoisotopic (exact) mass is 281 g/mol. The number of rotatable bonds is 7. The van der Waals surface area contributed by atoms with E-state index in [-0.39, 0.29) is 0 Å². The highest BCUT2D eigenvalue weighted by molar-refractivity contribution is 9.10. The Morgan fingerprint density at radius 1 is 1.25 bits per heavy atom. The summed E-state index contributed by atoms with van der Waals surface area (Å²) in [7, 11) is 0. The summed E-state index contributed by atoms with van der Waals surface area (Å²) in [6.45, 7) is 6.88. The highest BCUT2D eigenvalue weighted by Crippen LogP contribution is 2.19. The molecule has 0 heterocycles. The van der Waals surface area contributed by atoms with Crippen molar-refractivity contribution in [1.82, 2.24) is 0 Å². The fourth-order valence-electron chi connectivity index (χ4n) is 1.66. The molecule has 16 heavy (non-hydrogen) atoms. The number of hydrogen-bond donors (Lipinski definition) is 1. The number of benzene rings is 1. The van der Waals surface area contributed by atoms with Gasteiger partial charge in [-0.2, -0.15) is 0 Å². The molecule has 0 spiro atoms. The first-order valence-electron chi connectivity index (χ1n) is 5.84. The lowest BCUT2D eigenvalue weighted by Gasteiger charge is -2.07. The highest BCUT2D eigenvalue weighted by Gasteiger charge is 1.95. The van der Waals surface area contributed by atoms with Crippen LogP contribution in [0.3, 0.4) is 0 Å². The zero-order valence-electron chi connectivity index (χ0n) is 9.93. The SMILES string of the molecule is C=CCCCCCNc1cc(C)cc(Br)c1. The summed E-state index contributed by atoms with van der Waals surface area (Å²) in [6.07, 6.45) is 6.87. The van der Waals surface area contributed by atoms with Crippen LogP contribution >= 0.6 is 15.9 Å². The van der Waals surface area contributed by atoms with Crippen molar-refractivity contribution in [3.05, 3.63) is 40.9 Å². The first-order chi connectivity index (χ1) is 7.72. The summed E-state index contributed by atoms with van der Waals surface area (Å²) in [5.41, 5.74) is 2.49. The molecule has 0 bridgehead atoms. The quantitative estimate of drug-likeness (QED) is 0.553. The number of nitrogens with one attached hydrogen (secondary N) is 1. The van der Waals surface area contributed by atoms with Crippen LogP contribution in [-0.2, 0) is 0 Å². The van der Waals surface area contributed by atoms with Gasteiger partial charge >= 0.3 is 0 Å². The van der Waals surface area contributed by atoms with Gasteiger partial charge in [-0.05, 0) is 49.9 Å². The lowest BCUT2D eigenvalue weighted by atomic mass is 10.2. The van der Waals surface area contributed by atoms with Gasteiger partial charge in [0, 0.05) is 16.7 Å². The molecule has 88 valence electrons. The van der Waals surface area contributed by atoms with Crippen LogP contribution in [0.5, 0.6) is 0 Å². The van der Waals surface area contributed by atoms with Crippen molar-refractivity contribution in [3.8, 4) is 0 Å². The predicted molar refractivity (Wildman–Crippen MR) is 76.0 cm³/mol. The van der Waals surface area contributed by atoms with Gasteiger partial charge in [0.2, 0.25) is 0 Å². The smallest absolute Gasteiger partial charge is 0.0354 e. The standard InChI is InChI=1S/C14H20BrN/c1-3-4-5-6-7-8-16-14-10-12(2)9-13(15)11-14/h3,9-11,16H,1,4-8H2,2H3. The third kappa shape index (κ3) is 5.36. The molecule has 0 atom stereocenters. The van der Waals surface area contributed by atoms with E-state index in [0.29, 0.717) is 0 Å². The van der Waals surface area contributed by atoms with Gasteiger partial charge < -0.3 is 5.32 Å². The Balaban J connectivity index is 2.23. The zero-order chi connectivity index (χ0) is 11.8. The molecule has 1 N–H and O–H groups in total. The molecule has 0 aromatic heterocycles. The van der Waals surface area contributed by atoms with Crippen LogP contribution < -0.4 is 5.32 Å². The third-order valence-corrected chi connectivity index (χ3v) is 2.91. The molecule has 0 unspecified atom stereocenters. The minimum atomic E-state index is 1.05. The van der Waals surface area contributed by atoms with Crippen LogP contribution in [0.2, 0.25) is 0 Å². The predicted octanol–water partition coefficient (Wildman–Crippen LogP) is 4.92. The topological polar surface area (TPSA) is 12.0 Å². The fourth-order valence-corrected chi connectivity index (χ4v) is 2.27. The van der Waals surface area contributed by atoms with Gasteiger partial charge in [0.25, 0.3) is 0 Å². The summed E-state index contributed by atoms with van der Waals surface area (Å²) in [6, 6.07) is 6.42. The average Bonchev–Trinajstić information content (AvgIpc) is 2.22. The molecular weight excluding hydrogens is 262 g/mol. The Kier molecular flexibility index (Phi) is 6.24. The molecule has 1 nitrogen and oxygen atoms in total. The van der Waals surface area contributed by atoms with Gasteiger partial charge in [0.15, 0.2) is 0 Å². The maximum absolute atomic E-state index is 3.72. The summed E-state index contributed by atoms with van der Waals surface area (Å²) in [5, 5.41) is 3.45. The van der Waals surface area contributed by atoms with Crippen LogP contribution in [0.25, 0.3) is 0 Å². The summed E-state index contributed by atoms with van der Waals surface area (Å²) in [5.74, 6) is 0. The normalized spacial score (nSPS) is 10.1. The van der Waals surface area contributed by atoms with Crippen LogP contribution in [-0.4, -0.2) is 6.54 Å². The third-order valence-electron chi connectivity index (χ3n) is 2.46. The zero-order valence-corrected chi connectivity index (χ0v) is 11.5. The highest BCUT2D eigenvalue weighted by atomic mass is 79.9. The molecule has 2 heteroatoms. The second kappa shape index (κ2) is 7.50.